The summed E-state index contributed by atoms with van der Waals surface area (Å²) < 4.78 is 0. The number of allylic oxidation sites excluding steroid dienone is 1. The molecule has 0 atom stereocenters. The molecule has 3 heterocycles. The number of rotatable bonds is 3. The zero-order chi connectivity index (χ0) is 14.3. The van der Waals surface area contributed by atoms with Gasteiger partial charge in [-0.1, -0.05) is 0 Å². The molecule has 0 aromatic carbocycles. The van der Waals surface area contributed by atoms with E-state index in [1.165, 1.54) is 6.08 Å². The lowest BCUT2D eigenvalue weighted by Crippen LogP contribution is -2.29. The lowest BCUT2D eigenvalue weighted by Gasteiger charge is -2.21. The van der Waals surface area contributed by atoms with Crippen molar-refractivity contribution in [3.63, 3.8) is 0 Å². The fourth-order valence-corrected chi connectivity index (χ4v) is 2.28. The third-order valence-corrected chi connectivity index (χ3v) is 3.49. The number of aliphatic hydroxyl groups excluding tert-OH is 1. The predicted molar refractivity (Wildman–Crippen MR) is 71.1 cm³/mol. The first-order valence-corrected chi connectivity index (χ1v) is 6.78. The van der Waals surface area contributed by atoms with E-state index in [1.807, 2.05) is 14.7 Å². The predicted octanol–water partition coefficient (Wildman–Crippen LogP) is -1.92. The van der Waals surface area contributed by atoms with Gasteiger partial charge in [0.05, 0.1) is 12.4 Å². The van der Waals surface area contributed by atoms with E-state index < -0.39 is 0 Å². The summed E-state index contributed by atoms with van der Waals surface area (Å²) in [7, 11) is 0. The molecule has 3 aliphatic heterocycles. The molecule has 20 heavy (non-hydrogen) atoms. The van der Waals surface area contributed by atoms with Crippen LogP contribution < -0.4 is 5.73 Å². The van der Waals surface area contributed by atoms with Crippen molar-refractivity contribution < 1.29 is 14.7 Å². The van der Waals surface area contributed by atoms with Crippen molar-refractivity contribution in [2.75, 3.05) is 46.0 Å². The summed E-state index contributed by atoms with van der Waals surface area (Å²) in [4.78, 5) is 30.5. The van der Waals surface area contributed by atoms with E-state index in [4.69, 9.17) is 5.11 Å². The maximum absolute atomic E-state index is 12.4. The number of nitrogens with two attached hydrogens (primary N) is 1. The maximum atomic E-state index is 12.4. The third kappa shape index (κ3) is 2.41. The van der Waals surface area contributed by atoms with Gasteiger partial charge in [-0.25, -0.2) is 0 Å². The first kappa shape index (κ1) is 13.1. The fraction of sp³-hybridized carbons (Fsp3) is 0.538. The van der Waals surface area contributed by atoms with Crippen molar-refractivity contribution in [2.24, 2.45) is 5.73 Å². The molecule has 0 radical (unpaired) electrons. The van der Waals surface area contributed by atoms with Crippen LogP contribution in [0.2, 0.25) is 0 Å². The highest BCUT2D eigenvalue weighted by atomic mass is 16.3. The minimum Gasteiger partial charge on any atom is -0.382 e. The smallest absolute Gasteiger partial charge is 0.227 e. The molecule has 0 saturated carbocycles. The van der Waals surface area contributed by atoms with Gasteiger partial charge in [-0.15, -0.1) is 0 Å². The Morgan fingerprint density at radius 3 is 1.85 bits per heavy atom. The van der Waals surface area contributed by atoms with Gasteiger partial charge in [0.25, 0.3) is 0 Å². The first-order valence-electron chi connectivity index (χ1n) is 6.78. The number of ketones is 2. The molecule has 3 fully saturated rings. The van der Waals surface area contributed by atoms with E-state index in [0.29, 0.717) is 17.1 Å². The number of hydrogen-bond acceptors (Lipinski definition) is 7. The van der Waals surface area contributed by atoms with Gasteiger partial charge in [-0.3, -0.25) is 9.59 Å². The molecule has 0 aromatic heterocycles. The molecule has 4 aliphatic rings. The summed E-state index contributed by atoms with van der Waals surface area (Å²) in [5.74, 6) is 0.0485. The minimum atomic E-state index is -0.250. The van der Waals surface area contributed by atoms with E-state index in [9.17, 15) is 9.59 Å². The zero-order valence-corrected chi connectivity index (χ0v) is 11.2. The van der Waals surface area contributed by atoms with Crippen molar-refractivity contribution in [1.82, 2.24) is 14.7 Å². The molecule has 4 rings (SSSR count). The van der Waals surface area contributed by atoms with Crippen molar-refractivity contribution in [2.45, 2.75) is 0 Å². The van der Waals surface area contributed by atoms with E-state index in [2.05, 4.69) is 5.73 Å². The highest BCUT2D eigenvalue weighted by Gasteiger charge is 2.43. The monoisotopic (exact) mass is 278 g/mol. The van der Waals surface area contributed by atoms with E-state index in [-0.39, 0.29) is 18.3 Å². The lowest BCUT2D eigenvalue weighted by molar-refractivity contribution is -0.117. The lowest BCUT2D eigenvalue weighted by atomic mass is 10.0. The van der Waals surface area contributed by atoms with Crippen LogP contribution in [-0.4, -0.2) is 77.4 Å². The van der Waals surface area contributed by atoms with E-state index >= 15 is 0 Å². The molecule has 0 aromatic rings. The normalized spacial score (nSPS) is 23.5. The summed E-state index contributed by atoms with van der Waals surface area (Å²) in [6.45, 7) is 5.16. The molecule has 7 nitrogen and oxygen atoms in total. The molecule has 3 saturated heterocycles. The molecule has 108 valence electrons. The van der Waals surface area contributed by atoms with Crippen LogP contribution in [0.3, 0.4) is 0 Å². The first-order chi connectivity index (χ1) is 9.67. The highest BCUT2D eigenvalue weighted by Crippen LogP contribution is 2.33. The fourth-order valence-electron chi connectivity index (χ4n) is 2.28. The van der Waals surface area contributed by atoms with Crippen LogP contribution in [0.15, 0.2) is 23.2 Å². The second-order valence-corrected chi connectivity index (χ2v) is 5.06. The van der Waals surface area contributed by atoms with Crippen LogP contribution in [0, 0.1) is 0 Å². The summed E-state index contributed by atoms with van der Waals surface area (Å²) >= 11 is 0. The van der Waals surface area contributed by atoms with Crippen molar-refractivity contribution >= 4 is 11.6 Å². The Morgan fingerprint density at radius 1 is 0.950 bits per heavy atom. The standard InChI is InChI=1S/C12H13N3O2.CH5NO/c16-9-7-8(13-1-2-13)12(17)11(15-5-6-15)10(9)14-3-4-14;2-1-3/h7H,1-6H2;3H,1-2H2. The van der Waals surface area contributed by atoms with Crippen LogP contribution in [0.5, 0.6) is 0 Å². The van der Waals surface area contributed by atoms with Gasteiger partial charge < -0.3 is 25.5 Å². The molecule has 3 N–H and O–H groups in total. The van der Waals surface area contributed by atoms with Crippen LogP contribution >= 0.6 is 0 Å². The number of Topliss-reactive ketones (excluding diaryl/α,β-unsaturated/α-hetero) is 1. The number of carbonyl (C=O) groups is 2. The second kappa shape index (κ2) is 4.92. The number of carbonyl (C=O) groups excluding carboxylic acids is 2. The number of aliphatic hydroxyl groups is 1. The summed E-state index contributed by atoms with van der Waals surface area (Å²) in [6, 6.07) is 0. The van der Waals surface area contributed by atoms with Crippen LogP contribution in [0.25, 0.3) is 0 Å². The third-order valence-electron chi connectivity index (χ3n) is 3.49. The molecule has 0 bridgehead atoms. The maximum Gasteiger partial charge on any atom is 0.227 e. The summed E-state index contributed by atoms with van der Waals surface area (Å²) in [5.41, 5.74) is 6.29. The average molecular weight is 278 g/mol. The Labute approximate surface area is 116 Å². The Hall–Kier alpha value is -1.86. The van der Waals surface area contributed by atoms with E-state index in [1.54, 1.807) is 0 Å². The van der Waals surface area contributed by atoms with Crippen LogP contribution in [0.4, 0.5) is 0 Å². The van der Waals surface area contributed by atoms with E-state index in [0.717, 1.165) is 39.3 Å². The number of nitrogens with zero attached hydrogens (tertiary/aromatic N) is 3. The second-order valence-electron chi connectivity index (χ2n) is 5.06. The largest absolute Gasteiger partial charge is 0.382 e. The highest BCUT2D eigenvalue weighted by molar-refractivity contribution is 6.22. The topological polar surface area (TPSA) is 89.4 Å². The summed E-state index contributed by atoms with van der Waals surface area (Å²) in [6.07, 6.45) is 1.52. The van der Waals surface area contributed by atoms with Crippen molar-refractivity contribution in [3.8, 4) is 0 Å². The average Bonchev–Trinajstić information content (AvgIpc) is 3.28. The molecule has 0 amide bonds. The Kier molecular flexibility index (Phi) is 3.23. The Morgan fingerprint density at radius 2 is 1.40 bits per heavy atom. The molecular weight excluding hydrogens is 260 g/mol. The summed E-state index contributed by atoms with van der Waals surface area (Å²) in [5, 5.41) is 7.35. The van der Waals surface area contributed by atoms with Gasteiger partial charge in [-0.2, -0.15) is 0 Å². The minimum absolute atomic E-state index is 0.00546. The van der Waals surface area contributed by atoms with Gasteiger partial charge in [-0.05, 0) is 0 Å². The molecular formula is C13H18N4O3. The molecule has 1 aliphatic carbocycles. The molecule has 0 unspecified atom stereocenters. The van der Waals surface area contributed by atoms with Crippen LogP contribution in [-0.2, 0) is 9.59 Å². The van der Waals surface area contributed by atoms with Gasteiger partial charge in [0, 0.05) is 45.3 Å². The molecule has 7 heteroatoms. The van der Waals surface area contributed by atoms with Gasteiger partial charge in [0.2, 0.25) is 11.6 Å². The molecule has 0 spiro atoms. The SMILES string of the molecule is NCO.O=C1C=C(N2CC2)C(=O)C(N2CC2)=C1N1CC1. The zero-order valence-electron chi connectivity index (χ0n) is 11.2. The van der Waals surface area contributed by atoms with Crippen LogP contribution in [0.1, 0.15) is 0 Å². The van der Waals surface area contributed by atoms with Crippen molar-refractivity contribution in [3.05, 3.63) is 23.2 Å². The van der Waals surface area contributed by atoms with Gasteiger partial charge >= 0.3 is 0 Å². The Balaban J connectivity index is 0.000000373. The Bertz CT molecular complexity index is 514. The number of hydrogen-bond donors (Lipinski definition) is 2. The van der Waals surface area contributed by atoms with Gasteiger partial charge in [0.15, 0.2) is 0 Å². The van der Waals surface area contributed by atoms with Crippen molar-refractivity contribution in [1.29, 1.82) is 0 Å². The quantitative estimate of drug-likeness (QED) is 0.353. The van der Waals surface area contributed by atoms with Gasteiger partial charge in [0.1, 0.15) is 11.4 Å².